The molecule has 0 radical (unpaired) electrons. The van der Waals surface area contributed by atoms with Gasteiger partial charge in [0.25, 0.3) is 0 Å². The van der Waals surface area contributed by atoms with Crippen LogP contribution in [0.2, 0.25) is 0 Å². The lowest BCUT2D eigenvalue weighted by molar-refractivity contribution is -0.143. The molecule has 0 rings (SSSR count). The van der Waals surface area contributed by atoms with E-state index in [-0.39, 0.29) is 24.1 Å². The number of thioether (sulfide) groups is 1. The predicted octanol–water partition coefficient (Wildman–Crippen LogP) is 0.370. The fraction of sp³-hybridized carbons (Fsp3) is 0.769. The molecular formula is C13H24N2O5S. The van der Waals surface area contributed by atoms with Crippen molar-refractivity contribution in [2.75, 3.05) is 18.9 Å². The van der Waals surface area contributed by atoms with Gasteiger partial charge in [0.1, 0.15) is 6.04 Å². The third kappa shape index (κ3) is 8.56. The Labute approximate surface area is 129 Å². The summed E-state index contributed by atoms with van der Waals surface area (Å²) < 4.78 is 4.02. The second-order valence-corrected chi connectivity index (χ2v) is 6.60. The number of carboxylic acids is 1. The van der Waals surface area contributed by atoms with Gasteiger partial charge in [-0.3, -0.25) is 14.4 Å². The van der Waals surface area contributed by atoms with Crippen molar-refractivity contribution >= 4 is 29.6 Å². The summed E-state index contributed by atoms with van der Waals surface area (Å²) in [6.07, 6.45) is 0.768. The van der Waals surface area contributed by atoms with E-state index < -0.39 is 16.8 Å². The van der Waals surface area contributed by atoms with E-state index in [1.54, 1.807) is 20.8 Å². The summed E-state index contributed by atoms with van der Waals surface area (Å²) in [5.74, 6) is -1.47. The average molecular weight is 320 g/mol. The van der Waals surface area contributed by atoms with Crippen LogP contribution in [0.5, 0.6) is 0 Å². The molecule has 8 heteroatoms. The highest BCUT2D eigenvalue weighted by Crippen LogP contribution is 2.27. The molecule has 21 heavy (non-hydrogen) atoms. The zero-order valence-corrected chi connectivity index (χ0v) is 13.5. The van der Waals surface area contributed by atoms with Crippen LogP contribution in [-0.4, -0.2) is 52.6 Å². The maximum atomic E-state index is 11.6. The molecule has 7 nitrogen and oxygen atoms in total. The minimum atomic E-state index is -1.10. The molecule has 4 N–H and O–H groups in total. The summed E-state index contributed by atoms with van der Waals surface area (Å²) in [7, 11) is 0. The summed E-state index contributed by atoms with van der Waals surface area (Å²) in [6.45, 7) is 5.83. The fourth-order valence-corrected chi connectivity index (χ4v) is 2.27. The second kappa shape index (κ2) is 9.62. The number of carboxylic acid groups (broad SMARTS) is 1. The van der Waals surface area contributed by atoms with Gasteiger partial charge in [0.2, 0.25) is 5.91 Å². The quantitative estimate of drug-likeness (QED) is 0.393. The Balaban J connectivity index is 3.90. The topological polar surface area (TPSA) is 119 Å². The standard InChI is InChI=1S/C13H24N2O5S/c1-4-20-10(17)6-5-7-15-9(16)8-21-13(2,3)11(14)12(18)19/h11H,4-8,14H2,1-3H3,(H,15,16)(H,18,19)/t11-/m1/s1. The Bertz CT molecular complexity index is 374. The second-order valence-electron chi connectivity index (χ2n) is 4.97. The molecule has 0 aliphatic rings. The number of hydrogen-bond donors (Lipinski definition) is 3. The highest BCUT2D eigenvalue weighted by molar-refractivity contribution is 8.01. The van der Waals surface area contributed by atoms with Crippen LogP contribution in [0, 0.1) is 0 Å². The summed E-state index contributed by atoms with van der Waals surface area (Å²) in [5.41, 5.74) is 5.56. The first-order valence-electron chi connectivity index (χ1n) is 6.75. The number of hydrogen-bond acceptors (Lipinski definition) is 6. The van der Waals surface area contributed by atoms with Crippen LogP contribution in [0.15, 0.2) is 0 Å². The van der Waals surface area contributed by atoms with Crippen molar-refractivity contribution in [2.45, 2.75) is 44.4 Å². The highest BCUT2D eigenvalue weighted by atomic mass is 32.2. The summed E-state index contributed by atoms with van der Waals surface area (Å²) in [6, 6.07) is -1.04. The van der Waals surface area contributed by atoms with Gasteiger partial charge in [-0.2, -0.15) is 0 Å². The van der Waals surface area contributed by atoms with Crippen LogP contribution in [0.3, 0.4) is 0 Å². The Morgan fingerprint density at radius 3 is 2.52 bits per heavy atom. The first kappa shape index (κ1) is 19.7. The minimum absolute atomic E-state index is 0.118. The van der Waals surface area contributed by atoms with Crippen LogP contribution in [0.4, 0.5) is 0 Å². The van der Waals surface area contributed by atoms with Crippen LogP contribution in [0.25, 0.3) is 0 Å². The van der Waals surface area contributed by atoms with Crippen LogP contribution < -0.4 is 11.1 Å². The Hall–Kier alpha value is -1.28. The Morgan fingerprint density at radius 2 is 2.00 bits per heavy atom. The van der Waals surface area contributed by atoms with Gasteiger partial charge in [-0.1, -0.05) is 0 Å². The number of esters is 1. The third-order valence-electron chi connectivity index (χ3n) is 2.78. The molecule has 0 aromatic heterocycles. The van der Waals surface area contributed by atoms with E-state index in [0.29, 0.717) is 19.6 Å². The number of nitrogens with two attached hydrogens (primary N) is 1. The van der Waals surface area contributed by atoms with Gasteiger partial charge in [-0.05, 0) is 27.2 Å². The lowest BCUT2D eigenvalue weighted by atomic mass is 10.1. The van der Waals surface area contributed by atoms with Crippen LogP contribution in [-0.2, 0) is 19.1 Å². The van der Waals surface area contributed by atoms with Crippen molar-refractivity contribution in [1.82, 2.24) is 5.32 Å². The molecule has 0 saturated heterocycles. The predicted molar refractivity (Wildman–Crippen MR) is 81.0 cm³/mol. The van der Waals surface area contributed by atoms with E-state index in [4.69, 9.17) is 15.6 Å². The Morgan fingerprint density at radius 1 is 1.38 bits per heavy atom. The van der Waals surface area contributed by atoms with E-state index in [0.717, 1.165) is 0 Å². The van der Waals surface area contributed by atoms with E-state index in [9.17, 15) is 14.4 Å². The number of aliphatic carboxylic acids is 1. The largest absolute Gasteiger partial charge is 0.480 e. The van der Waals surface area contributed by atoms with E-state index in [2.05, 4.69) is 5.32 Å². The smallest absolute Gasteiger partial charge is 0.321 e. The lowest BCUT2D eigenvalue weighted by Gasteiger charge is -2.27. The third-order valence-corrected chi connectivity index (χ3v) is 4.18. The zero-order valence-electron chi connectivity index (χ0n) is 12.7. The molecule has 0 aliphatic carbocycles. The van der Waals surface area contributed by atoms with E-state index in [1.165, 1.54) is 11.8 Å². The van der Waals surface area contributed by atoms with Crippen molar-refractivity contribution in [3.63, 3.8) is 0 Å². The van der Waals surface area contributed by atoms with Crippen molar-refractivity contribution in [3.05, 3.63) is 0 Å². The average Bonchev–Trinajstić information content (AvgIpc) is 2.40. The van der Waals surface area contributed by atoms with Gasteiger partial charge in [0, 0.05) is 17.7 Å². The molecule has 0 spiro atoms. The first-order chi connectivity index (χ1) is 9.70. The minimum Gasteiger partial charge on any atom is -0.480 e. The molecule has 1 amide bonds. The number of amides is 1. The molecular weight excluding hydrogens is 296 g/mol. The molecule has 122 valence electrons. The van der Waals surface area contributed by atoms with E-state index in [1.807, 2.05) is 0 Å². The molecule has 0 bridgehead atoms. The molecule has 0 aliphatic heterocycles. The summed E-state index contributed by atoms with van der Waals surface area (Å²) in [5, 5.41) is 11.5. The van der Waals surface area contributed by atoms with Gasteiger partial charge in [-0.15, -0.1) is 11.8 Å². The summed E-state index contributed by atoms with van der Waals surface area (Å²) in [4.78, 5) is 33.5. The maximum Gasteiger partial charge on any atom is 0.321 e. The number of nitrogens with one attached hydrogen (secondary N) is 1. The number of carbonyl (C=O) groups is 3. The normalized spacial score (nSPS) is 12.6. The van der Waals surface area contributed by atoms with Gasteiger partial charge >= 0.3 is 11.9 Å². The van der Waals surface area contributed by atoms with E-state index >= 15 is 0 Å². The molecule has 0 heterocycles. The lowest BCUT2D eigenvalue weighted by Crippen LogP contribution is -2.47. The van der Waals surface area contributed by atoms with Crippen molar-refractivity contribution < 1.29 is 24.2 Å². The van der Waals surface area contributed by atoms with Gasteiger partial charge in [-0.25, -0.2) is 0 Å². The van der Waals surface area contributed by atoms with Gasteiger partial charge in [0.15, 0.2) is 0 Å². The molecule has 0 unspecified atom stereocenters. The van der Waals surface area contributed by atoms with Crippen molar-refractivity contribution in [1.29, 1.82) is 0 Å². The SMILES string of the molecule is CCOC(=O)CCCNC(=O)CSC(C)(C)[C@H](N)C(=O)O. The zero-order chi connectivity index (χ0) is 16.5. The van der Waals surface area contributed by atoms with Gasteiger partial charge < -0.3 is 20.9 Å². The van der Waals surface area contributed by atoms with Crippen molar-refractivity contribution in [2.24, 2.45) is 5.73 Å². The number of ether oxygens (including phenoxy) is 1. The monoisotopic (exact) mass is 320 g/mol. The maximum absolute atomic E-state index is 11.6. The highest BCUT2D eigenvalue weighted by Gasteiger charge is 2.33. The molecule has 1 atom stereocenters. The number of carbonyl (C=O) groups excluding carboxylic acids is 2. The van der Waals surface area contributed by atoms with Gasteiger partial charge in [0.05, 0.1) is 12.4 Å². The molecule has 0 aromatic carbocycles. The first-order valence-corrected chi connectivity index (χ1v) is 7.74. The fourth-order valence-electron chi connectivity index (χ4n) is 1.38. The van der Waals surface area contributed by atoms with Crippen molar-refractivity contribution in [3.8, 4) is 0 Å². The van der Waals surface area contributed by atoms with Crippen LogP contribution >= 0.6 is 11.8 Å². The molecule has 0 fully saturated rings. The summed E-state index contributed by atoms with van der Waals surface area (Å²) >= 11 is 1.19. The Kier molecular flexibility index (Phi) is 9.03. The molecule has 0 saturated carbocycles. The molecule has 0 aromatic rings. The number of rotatable bonds is 10. The van der Waals surface area contributed by atoms with Crippen LogP contribution in [0.1, 0.15) is 33.6 Å².